The molecule has 1 rings (SSSR count). The minimum absolute atomic E-state index is 0.0602. The van der Waals surface area contributed by atoms with E-state index < -0.39 is 5.92 Å². The van der Waals surface area contributed by atoms with Gasteiger partial charge in [-0.15, -0.1) is 0 Å². The van der Waals surface area contributed by atoms with Crippen LogP contribution in [0.4, 0.5) is 0 Å². The first-order valence-corrected chi connectivity index (χ1v) is 5.70. The van der Waals surface area contributed by atoms with Crippen molar-refractivity contribution in [3.8, 4) is 0 Å². The summed E-state index contributed by atoms with van der Waals surface area (Å²) >= 11 is 12.0. The number of nitrogens with two attached hydrogens (primary N) is 1. The molecular weight excluding hydrogens is 261 g/mol. The largest absolute Gasteiger partial charge is 0.370 e. The number of nitrogens with one attached hydrogen (secondary N) is 1. The molecule has 92 valence electrons. The zero-order valence-electron chi connectivity index (χ0n) is 9.50. The van der Waals surface area contributed by atoms with Gasteiger partial charge in [-0.1, -0.05) is 29.3 Å². The predicted molar refractivity (Wildman–Crippen MR) is 70.6 cm³/mol. The van der Waals surface area contributed by atoms with E-state index in [2.05, 4.69) is 10.3 Å². The Morgan fingerprint density at radius 1 is 1.41 bits per heavy atom. The number of carbonyl (C=O) groups is 1. The minimum Gasteiger partial charge on any atom is -0.370 e. The Morgan fingerprint density at radius 2 is 1.94 bits per heavy atom. The second-order valence-corrected chi connectivity index (χ2v) is 4.27. The molecule has 6 heteroatoms. The van der Waals surface area contributed by atoms with Gasteiger partial charge in [0.15, 0.2) is 5.96 Å². The van der Waals surface area contributed by atoms with Crippen LogP contribution < -0.4 is 11.1 Å². The standard InChI is InChI=1S/C11H13Cl2N3O/c1-6(10(17)16-11(14)15-2)9-7(12)4-3-5-8(9)13/h3-6H,1-2H3,(H3,14,15,16,17). The van der Waals surface area contributed by atoms with Crippen LogP contribution in [0.3, 0.4) is 0 Å². The Morgan fingerprint density at radius 3 is 2.41 bits per heavy atom. The zero-order valence-corrected chi connectivity index (χ0v) is 11.0. The monoisotopic (exact) mass is 273 g/mol. The van der Waals surface area contributed by atoms with Crippen LogP contribution in [-0.2, 0) is 4.79 Å². The predicted octanol–water partition coefficient (Wildman–Crippen LogP) is 2.16. The zero-order chi connectivity index (χ0) is 13.0. The van der Waals surface area contributed by atoms with E-state index in [1.54, 1.807) is 25.1 Å². The summed E-state index contributed by atoms with van der Waals surface area (Å²) in [5.74, 6) is -0.746. The maximum absolute atomic E-state index is 11.8. The molecule has 0 heterocycles. The van der Waals surface area contributed by atoms with Crippen LogP contribution in [0.5, 0.6) is 0 Å². The second-order valence-electron chi connectivity index (χ2n) is 3.46. The summed E-state index contributed by atoms with van der Waals surface area (Å²) < 4.78 is 0. The number of benzene rings is 1. The van der Waals surface area contributed by atoms with Gasteiger partial charge in [0.25, 0.3) is 0 Å². The maximum atomic E-state index is 11.8. The fourth-order valence-corrected chi connectivity index (χ4v) is 2.07. The molecule has 0 spiro atoms. The van der Waals surface area contributed by atoms with Crippen molar-refractivity contribution >= 4 is 35.1 Å². The van der Waals surface area contributed by atoms with Crippen LogP contribution in [0.15, 0.2) is 23.2 Å². The summed E-state index contributed by atoms with van der Waals surface area (Å²) in [6.45, 7) is 1.70. The van der Waals surface area contributed by atoms with E-state index in [1.807, 2.05) is 0 Å². The third-order valence-corrected chi connectivity index (χ3v) is 2.98. The van der Waals surface area contributed by atoms with Crippen LogP contribution in [0.1, 0.15) is 18.4 Å². The quantitative estimate of drug-likeness (QED) is 0.641. The number of hydrogen-bond donors (Lipinski definition) is 2. The molecule has 0 radical (unpaired) electrons. The van der Waals surface area contributed by atoms with Crippen molar-refractivity contribution in [2.45, 2.75) is 12.8 Å². The first kappa shape index (κ1) is 13.8. The summed E-state index contributed by atoms with van der Waals surface area (Å²) in [7, 11) is 1.49. The molecule has 0 aliphatic heterocycles. The Hall–Kier alpha value is -1.26. The highest BCUT2D eigenvalue weighted by Crippen LogP contribution is 2.31. The molecule has 0 bridgehead atoms. The van der Waals surface area contributed by atoms with Crippen molar-refractivity contribution in [1.29, 1.82) is 0 Å². The van der Waals surface area contributed by atoms with Crippen molar-refractivity contribution < 1.29 is 4.79 Å². The Kier molecular flexibility index (Phi) is 4.78. The highest BCUT2D eigenvalue weighted by Gasteiger charge is 2.21. The highest BCUT2D eigenvalue weighted by molar-refractivity contribution is 6.36. The van der Waals surface area contributed by atoms with Gasteiger partial charge >= 0.3 is 0 Å². The Labute approximate surface area is 110 Å². The normalized spacial score (nSPS) is 13.3. The number of carbonyl (C=O) groups excluding carboxylic acids is 1. The molecule has 4 nitrogen and oxygen atoms in total. The van der Waals surface area contributed by atoms with Gasteiger partial charge in [-0.3, -0.25) is 15.1 Å². The summed E-state index contributed by atoms with van der Waals surface area (Å²) in [5, 5.41) is 3.36. The van der Waals surface area contributed by atoms with Crippen LogP contribution in [0, 0.1) is 0 Å². The van der Waals surface area contributed by atoms with E-state index in [0.29, 0.717) is 15.6 Å². The molecule has 1 aromatic carbocycles. The average Bonchev–Trinajstić information content (AvgIpc) is 2.28. The topological polar surface area (TPSA) is 67.5 Å². The van der Waals surface area contributed by atoms with Gasteiger partial charge in [0.2, 0.25) is 5.91 Å². The van der Waals surface area contributed by atoms with E-state index in [-0.39, 0.29) is 11.9 Å². The molecule has 0 aliphatic carbocycles. The molecule has 0 aliphatic rings. The van der Waals surface area contributed by atoms with Gasteiger partial charge in [-0.25, -0.2) is 0 Å². The first-order chi connectivity index (χ1) is 7.97. The molecule has 0 aromatic heterocycles. The molecule has 1 atom stereocenters. The Balaban J connectivity index is 2.97. The van der Waals surface area contributed by atoms with Crippen LogP contribution in [0.2, 0.25) is 10.0 Å². The lowest BCUT2D eigenvalue weighted by molar-refractivity contribution is -0.120. The number of nitrogens with zero attached hydrogens (tertiary/aromatic N) is 1. The summed E-state index contributed by atoms with van der Waals surface area (Å²) in [4.78, 5) is 15.5. The molecule has 0 fully saturated rings. The third kappa shape index (κ3) is 3.35. The lowest BCUT2D eigenvalue weighted by Gasteiger charge is -2.14. The summed E-state index contributed by atoms with van der Waals surface area (Å²) in [6.07, 6.45) is 0. The number of rotatable bonds is 2. The van der Waals surface area contributed by atoms with Crippen molar-refractivity contribution in [2.24, 2.45) is 10.7 Å². The fourth-order valence-electron chi connectivity index (χ4n) is 1.35. The molecular formula is C11H13Cl2N3O. The smallest absolute Gasteiger partial charge is 0.234 e. The van der Waals surface area contributed by atoms with E-state index in [0.717, 1.165) is 0 Å². The van der Waals surface area contributed by atoms with Crippen molar-refractivity contribution in [2.75, 3.05) is 7.05 Å². The molecule has 0 saturated heterocycles. The van der Waals surface area contributed by atoms with E-state index in [4.69, 9.17) is 28.9 Å². The van der Waals surface area contributed by atoms with Crippen LogP contribution in [0.25, 0.3) is 0 Å². The lowest BCUT2D eigenvalue weighted by Crippen LogP contribution is -2.39. The molecule has 1 unspecified atom stereocenters. The molecule has 1 aromatic rings. The van der Waals surface area contributed by atoms with Crippen LogP contribution in [-0.4, -0.2) is 18.9 Å². The van der Waals surface area contributed by atoms with Gasteiger partial charge in [-0.05, 0) is 19.1 Å². The number of aliphatic imine (C=N–C) groups is 1. The van der Waals surface area contributed by atoms with Gasteiger partial charge in [0.05, 0.1) is 5.92 Å². The first-order valence-electron chi connectivity index (χ1n) is 4.94. The Bertz CT molecular complexity index is 440. The van der Waals surface area contributed by atoms with Crippen LogP contribution >= 0.6 is 23.2 Å². The van der Waals surface area contributed by atoms with Crippen molar-refractivity contribution in [3.63, 3.8) is 0 Å². The molecule has 0 saturated carbocycles. The van der Waals surface area contributed by atoms with Gasteiger partial charge < -0.3 is 5.73 Å². The summed E-state index contributed by atoms with van der Waals surface area (Å²) in [5.41, 5.74) is 6.00. The number of hydrogen-bond acceptors (Lipinski definition) is 2. The van der Waals surface area contributed by atoms with E-state index in [1.165, 1.54) is 7.05 Å². The fraction of sp³-hybridized carbons (Fsp3) is 0.273. The van der Waals surface area contributed by atoms with Gasteiger partial charge in [0, 0.05) is 22.7 Å². The summed E-state index contributed by atoms with van der Waals surface area (Å²) in [6, 6.07) is 5.09. The average molecular weight is 274 g/mol. The molecule has 17 heavy (non-hydrogen) atoms. The van der Waals surface area contributed by atoms with Gasteiger partial charge in [-0.2, -0.15) is 0 Å². The van der Waals surface area contributed by atoms with E-state index >= 15 is 0 Å². The number of halogens is 2. The molecule has 3 N–H and O–H groups in total. The van der Waals surface area contributed by atoms with E-state index in [9.17, 15) is 4.79 Å². The lowest BCUT2D eigenvalue weighted by atomic mass is 10.0. The number of amides is 1. The van der Waals surface area contributed by atoms with Crippen molar-refractivity contribution in [3.05, 3.63) is 33.8 Å². The van der Waals surface area contributed by atoms with Crippen molar-refractivity contribution in [1.82, 2.24) is 5.32 Å². The SMILES string of the molecule is CN=C(N)NC(=O)C(C)c1c(Cl)cccc1Cl. The number of guanidine groups is 1. The highest BCUT2D eigenvalue weighted by atomic mass is 35.5. The molecule has 1 amide bonds. The van der Waals surface area contributed by atoms with Gasteiger partial charge in [0.1, 0.15) is 0 Å². The maximum Gasteiger partial charge on any atom is 0.234 e. The third-order valence-electron chi connectivity index (χ3n) is 2.32. The second kappa shape index (κ2) is 5.89. The minimum atomic E-state index is -0.503.